The molecule has 0 aliphatic rings. The molecule has 0 heterocycles. The number of amidine groups is 1. The highest BCUT2D eigenvalue weighted by Crippen LogP contribution is 2.35. The zero-order valence-corrected chi connectivity index (χ0v) is 11.2. The molecule has 19 heavy (non-hydrogen) atoms. The van der Waals surface area contributed by atoms with Crippen molar-refractivity contribution in [1.82, 2.24) is 0 Å². The van der Waals surface area contributed by atoms with Crippen LogP contribution in [0.25, 0.3) is 0 Å². The Morgan fingerprint density at radius 2 is 2.05 bits per heavy atom. The molecule has 1 amide bonds. The average molecular weight is 288 g/mol. The molecule has 0 saturated carbocycles. The summed E-state index contributed by atoms with van der Waals surface area (Å²) >= 11 is 5.93. The Morgan fingerprint density at radius 3 is 2.58 bits per heavy atom. The third-order valence-electron chi connectivity index (χ3n) is 2.22. The van der Waals surface area contributed by atoms with Crippen molar-refractivity contribution in [2.75, 3.05) is 19.5 Å². The highest BCUT2D eigenvalue weighted by molar-refractivity contribution is 6.32. The molecule has 0 atom stereocenters. The van der Waals surface area contributed by atoms with Crippen molar-refractivity contribution in [3.63, 3.8) is 0 Å². The summed E-state index contributed by atoms with van der Waals surface area (Å²) in [6.07, 6.45) is -0.245. The van der Waals surface area contributed by atoms with Crippen LogP contribution in [0.5, 0.6) is 11.5 Å². The molecular weight excluding hydrogens is 274 g/mol. The molecule has 0 aromatic heterocycles. The first-order valence-electron chi connectivity index (χ1n) is 5.19. The molecule has 1 rings (SSSR count). The van der Waals surface area contributed by atoms with Gasteiger partial charge in [0.25, 0.3) is 0 Å². The van der Waals surface area contributed by atoms with Gasteiger partial charge in [0, 0.05) is 12.1 Å². The van der Waals surface area contributed by atoms with Gasteiger partial charge in [-0.25, -0.2) is 0 Å². The fourth-order valence-electron chi connectivity index (χ4n) is 1.35. The topological polar surface area (TPSA) is 106 Å². The summed E-state index contributed by atoms with van der Waals surface area (Å²) in [4.78, 5) is 11.6. The molecule has 7 nitrogen and oxygen atoms in total. The van der Waals surface area contributed by atoms with E-state index in [2.05, 4.69) is 10.5 Å². The zero-order valence-electron chi connectivity index (χ0n) is 10.4. The van der Waals surface area contributed by atoms with Crippen molar-refractivity contribution >= 4 is 29.0 Å². The van der Waals surface area contributed by atoms with Gasteiger partial charge in [-0.3, -0.25) is 4.79 Å². The first-order chi connectivity index (χ1) is 9.01. The number of amides is 1. The molecule has 1 aromatic carbocycles. The monoisotopic (exact) mass is 287 g/mol. The Morgan fingerprint density at radius 1 is 1.42 bits per heavy atom. The van der Waals surface area contributed by atoms with Crippen LogP contribution in [0.1, 0.15) is 6.42 Å². The van der Waals surface area contributed by atoms with E-state index in [1.807, 2.05) is 0 Å². The van der Waals surface area contributed by atoms with E-state index in [1.165, 1.54) is 26.4 Å². The molecule has 0 unspecified atom stereocenters. The van der Waals surface area contributed by atoms with Crippen molar-refractivity contribution in [2.45, 2.75) is 6.42 Å². The summed E-state index contributed by atoms with van der Waals surface area (Å²) in [5.41, 5.74) is 5.61. The Kier molecular flexibility index (Phi) is 5.25. The first-order valence-corrected chi connectivity index (χ1v) is 5.57. The van der Waals surface area contributed by atoms with Gasteiger partial charge in [-0.1, -0.05) is 16.8 Å². The number of hydrogen-bond donors (Lipinski definition) is 3. The maximum Gasteiger partial charge on any atom is 0.232 e. The summed E-state index contributed by atoms with van der Waals surface area (Å²) < 4.78 is 10.1. The number of rotatable bonds is 5. The molecule has 0 aliphatic carbocycles. The van der Waals surface area contributed by atoms with Gasteiger partial charge in [0.15, 0.2) is 0 Å². The minimum Gasteiger partial charge on any atom is -0.495 e. The van der Waals surface area contributed by atoms with E-state index in [0.717, 1.165) is 0 Å². The third kappa shape index (κ3) is 3.92. The van der Waals surface area contributed by atoms with E-state index in [0.29, 0.717) is 22.2 Å². The van der Waals surface area contributed by atoms with Crippen LogP contribution in [0.3, 0.4) is 0 Å². The van der Waals surface area contributed by atoms with E-state index >= 15 is 0 Å². The minimum absolute atomic E-state index is 0.197. The largest absolute Gasteiger partial charge is 0.495 e. The van der Waals surface area contributed by atoms with Crippen LogP contribution < -0.4 is 20.5 Å². The van der Waals surface area contributed by atoms with Crippen molar-refractivity contribution in [1.29, 1.82) is 0 Å². The summed E-state index contributed by atoms with van der Waals surface area (Å²) in [7, 11) is 2.90. The lowest BCUT2D eigenvalue weighted by molar-refractivity contribution is -0.115. The van der Waals surface area contributed by atoms with Crippen LogP contribution >= 0.6 is 11.6 Å². The van der Waals surface area contributed by atoms with Crippen LogP contribution in [-0.4, -0.2) is 31.2 Å². The fourth-order valence-corrected chi connectivity index (χ4v) is 1.58. The number of nitrogens with zero attached hydrogens (tertiary/aromatic N) is 1. The maximum absolute atomic E-state index is 11.6. The van der Waals surface area contributed by atoms with Crippen molar-refractivity contribution in [3.05, 3.63) is 17.2 Å². The van der Waals surface area contributed by atoms with Crippen molar-refractivity contribution < 1.29 is 19.5 Å². The van der Waals surface area contributed by atoms with Gasteiger partial charge in [-0.2, -0.15) is 0 Å². The van der Waals surface area contributed by atoms with Gasteiger partial charge in [0.05, 0.1) is 31.4 Å². The second-order valence-electron chi connectivity index (χ2n) is 3.50. The Labute approximate surface area is 114 Å². The number of benzene rings is 1. The van der Waals surface area contributed by atoms with E-state index in [-0.39, 0.29) is 12.3 Å². The Bertz CT molecular complexity index is 505. The number of nitrogens with one attached hydrogen (secondary N) is 1. The lowest BCUT2D eigenvalue weighted by atomic mass is 10.2. The number of hydrogen-bond acceptors (Lipinski definition) is 5. The van der Waals surface area contributed by atoms with Crippen LogP contribution in [0.4, 0.5) is 5.69 Å². The van der Waals surface area contributed by atoms with Gasteiger partial charge < -0.3 is 25.7 Å². The molecule has 1 aromatic rings. The molecule has 0 saturated heterocycles. The first kappa shape index (κ1) is 14.9. The van der Waals surface area contributed by atoms with Crippen LogP contribution in [-0.2, 0) is 4.79 Å². The normalized spacial score (nSPS) is 11.0. The van der Waals surface area contributed by atoms with E-state index in [1.54, 1.807) is 0 Å². The number of carbonyl (C=O) groups excluding carboxylic acids is 1. The number of anilines is 1. The van der Waals surface area contributed by atoms with Gasteiger partial charge in [-0.05, 0) is 0 Å². The number of oxime groups is 1. The Hall–Kier alpha value is -2.15. The number of nitrogens with two attached hydrogens (primary N) is 1. The van der Waals surface area contributed by atoms with Crippen molar-refractivity contribution in [2.24, 2.45) is 10.9 Å². The summed E-state index contributed by atoms with van der Waals surface area (Å²) in [6.45, 7) is 0. The number of methoxy groups -OCH3 is 2. The van der Waals surface area contributed by atoms with Crippen LogP contribution in [0, 0.1) is 0 Å². The standard InChI is InChI=1S/C11H14ClN3O4/c1-18-8-4-7(9(19-2)3-6(8)12)14-11(16)5-10(13)15-17/h3-4,17H,5H2,1-2H3,(H2,13,15)(H,14,16). The lowest BCUT2D eigenvalue weighted by Gasteiger charge is -2.12. The van der Waals surface area contributed by atoms with Gasteiger partial charge in [0.1, 0.15) is 17.3 Å². The summed E-state index contributed by atoms with van der Waals surface area (Å²) in [5.74, 6) is 0.107. The van der Waals surface area contributed by atoms with Gasteiger partial charge in [-0.15, -0.1) is 0 Å². The second kappa shape index (κ2) is 6.69. The highest BCUT2D eigenvalue weighted by atomic mass is 35.5. The summed E-state index contributed by atoms with van der Waals surface area (Å²) in [5, 5.41) is 14.0. The molecule has 0 bridgehead atoms. The quantitative estimate of drug-likeness (QED) is 0.329. The molecule has 104 valence electrons. The third-order valence-corrected chi connectivity index (χ3v) is 2.51. The smallest absolute Gasteiger partial charge is 0.232 e. The van der Waals surface area contributed by atoms with E-state index < -0.39 is 5.91 Å². The van der Waals surface area contributed by atoms with Crippen molar-refractivity contribution in [3.8, 4) is 11.5 Å². The molecule has 4 N–H and O–H groups in total. The van der Waals surface area contributed by atoms with Gasteiger partial charge >= 0.3 is 0 Å². The predicted molar refractivity (Wildman–Crippen MR) is 71.2 cm³/mol. The highest BCUT2D eigenvalue weighted by Gasteiger charge is 2.13. The zero-order chi connectivity index (χ0) is 14.4. The fraction of sp³-hybridized carbons (Fsp3) is 0.273. The van der Waals surface area contributed by atoms with E-state index in [9.17, 15) is 4.79 Å². The molecular formula is C11H14ClN3O4. The van der Waals surface area contributed by atoms with E-state index in [4.69, 9.17) is 32.0 Å². The number of halogens is 1. The number of ether oxygens (including phenoxy) is 2. The lowest BCUT2D eigenvalue weighted by Crippen LogP contribution is -2.22. The maximum atomic E-state index is 11.6. The minimum atomic E-state index is -0.460. The summed E-state index contributed by atoms with van der Waals surface area (Å²) in [6, 6.07) is 3.03. The molecule has 0 spiro atoms. The average Bonchev–Trinajstić information content (AvgIpc) is 2.39. The van der Waals surface area contributed by atoms with Crippen LogP contribution in [0.2, 0.25) is 5.02 Å². The Balaban J connectivity index is 2.96. The number of carbonyl (C=O) groups is 1. The van der Waals surface area contributed by atoms with Gasteiger partial charge in [0.2, 0.25) is 5.91 Å². The second-order valence-corrected chi connectivity index (χ2v) is 3.91. The molecule has 0 radical (unpaired) electrons. The van der Waals surface area contributed by atoms with Crippen LogP contribution in [0.15, 0.2) is 17.3 Å². The molecule has 8 heteroatoms. The SMILES string of the molecule is COc1cc(NC(=O)C/C(N)=N/O)c(OC)cc1Cl. The molecule has 0 aliphatic heterocycles. The molecule has 0 fully saturated rings. The predicted octanol–water partition coefficient (Wildman–Crippen LogP) is 1.43.